The van der Waals surface area contributed by atoms with Crippen LogP contribution in [0.25, 0.3) is 10.9 Å². The van der Waals surface area contributed by atoms with Gasteiger partial charge < -0.3 is 20.2 Å². The third-order valence-electron chi connectivity index (χ3n) is 8.67. The molecule has 3 N–H and O–H groups in total. The van der Waals surface area contributed by atoms with E-state index in [1.807, 2.05) is 12.1 Å². The van der Waals surface area contributed by atoms with Crippen LogP contribution in [0.4, 0.5) is 23.1 Å². The van der Waals surface area contributed by atoms with Crippen molar-refractivity contribution in [3.63, 3.8) is 0 Å². The minimum atomic E-state index is -0.650. The number of carbonyl (C=O) groups is 1. The van der Waals surface area contributed by atoms with Gasteiger partial charge in [0.25, 0.3) is 5.56 Å². The van der Waals surface area contributed by atoms with Crippen LogP contribution in [0, 0.1) is 11.3 Å². The fourth-order valence-electron chi connectivity index (χ4n) is 6.36. The van der Waals surface area contributed by atoms with Gasteiger partial charge in [-0.05, 0) is 82.1 Å². The Balaban J connectivity index is 1.24. The zero-order valence-corrected chi connectivity index (χ0v) is 21.3. The Morgan fingerprint density at radius 2 is 1.81 bits per heavy atom. The van der Waals surface area contributed by atoms with E-state index in [-0.39, 0.29) is 16.9 Å². The molecule has 3 fully saturated rings. The third kappa shape index (κ3) is 4.28. The molecular weight excluding hydrogens is 470 g/mol. The number of nitrogens with zero attached hydrogens (tertiary/aromatic N) is 5. The van der Waals surface area contributed by atoms with Gasteiger partial charge in [-0.15, -0.1) is 0 Å². The lowest BCUT2D eigenvalue weighted by Crippen LogP contribution is -2.44. The topological polar surface area (TPSA) is 127 Å². The number of H-pyrrole nitrogens is 1. The number of anilines is 4. The van der Waals surface area contributed by atoms with Crippen LogP contribution in [0.15, 0.2) is 35.3 Å². The molecule has 194 valence electrons. The van der Waals surface area contributed by atoms with Crippen molar-refractivity contribution in [2.75, 3.05) is 28.2 Å². The predicted octanol–water partition coefficient (Wildman–Crippen LogP) is 3.92. The van der Waals surface area contributed by atoms with E-state index >= 15 is 0 Å². The SMILES string of the molecule is CC1CCCC(C)N1c1nc(Nc2ccc(N3CCC4(CC3)CC4C(=O)O)cc2)c2c(=O)[nH]ncc2n1. The van der Waals surface area contributed by atoms with Gasteiger partial charge in [-0.2, -0.15) is 10.1 Å². The first-order chi connectivity index (χ1) is 17.8. The van der Waals surface area contributed by atoms with Crippen molar-refractivity contribution in [2.24, 2.45) is 11.3 Å². The monoisotopic (exact) mass is 503 g/mol. The molecule has 10 nitrogen and oxygen atoms in total. The van der Waals surface area contributed by atoms with E-state index in [4.69, 9.17) is 9.97 Å². The van der Waals surface area contributed by atoms with Crippen molar-refractivity contribution in [1.82, 2.24) is 20.2 Å². The van der Waals surface area contributed by atoms with E-state index in [1.165, 1.54) is 6.42 Å². The van der Waals surface area contributed by atoms with E-state index in [9.17, 15) is 14.7 Å². The van der Waals surface area contributed by atoms with Gasteiger partial charge in [0.1, 0.15) is 16.7 Å². The van der Waals surface area contributed by atoms with Crippen molar-refractivity contribution in [1.29, 1.82) is 0 Å². The fraction of sp³-hybridized carbons (Fsp3) is 0.519. The smallest absolute Gasteiger partial charge is 0.307 e. The highest BCUT2D eigenvalue weighted by molar-refractivity contribution is 5.90. The molecule has 2 aliphatic heterocycles. The quantitative estimate of drug-likeness (QED) is 0.475. The first-order valence-corrected chi connectivity index (χ1v) is 13.2. The summed E-state index contributed by atoms with van der Waals surface area (Å²) >= 11 is 0. The van der Waals surface area contributed by atoms with Gasteiger partial charge in [0.15, 0.2) is 0 Å². The minimum absolute atomic E-state index is 0.0148. The lowest BCUT2D eigenvalue weighted by molar-refractivity contribution is -0.139. The van der Waals surface area contributed by atoms with Crippen LogP contribution in [0.3, 0.4) is 0 Å². The summed E-state index contributed by atoms with van der Waals surface area (Å²) in [6.07, 6.45) is 7.58. The number of aromatic amines is 1. The van der Waals surface area contributed by atoms with Gasteiger partial charge in [0.2, 0.25) is 5.95 Å². The maximum atomic E-state index is 12.7. The molecule has 1 spiro atoms. The lowest BCUT2D eigenvalue weighted by atomic mass is 9.90. The number of nitrogens with one attached hydrogen (secondary N) is 2. The number of rotatable bonds is 5. The van der Waals surface area contributed by atoms with E-state index in [0.29, 0.717) is 34.8 Å². The van der Waals surface area contributed by atoms with Gasteiger partial charge in [0, 0.05) is 36.5 Å². The van der Waals surface area contributed by atoms with Crippen LogP contribution in [0.5, 0.6) is 0 Å². The Labute approximate surface area is 215 Å². The predicted molar refractivity (Wildman–Crippen MR) is 143 cm³/mol. The van der Waals surface area contributed by atoms with E-state index in [1.54, 1.807) is 6.20 Å². The highest BCUT2D eigenvalue weighted by Crippen LogP contribution is 2.59. The first kappa shape index (κ1) is 23.7. The van der Waals surface area contributed by atoms with E-state index < -0.39 is 5.97 Å². The summed E-state index contributed by atoms with van der Waals surface area (Å²) in [5.41, 5.74) is 2.14. The number of carboxylic acid groups (broad SMARTS) is 1. The Morgan fingerprint density at radius 3 is 2.46 bits per heavy atom. The van der Waals surface area contributed by atoms with Crippen LogP contribution in [0.2, 0.25) is 0 Å². The molecule has 3 atom stereocenters. The number of aromatic nitrogens is 4. The Morgan fingerprint density at radius 1 is 1.11 bits per heavy atom. The van der Waals surface area contributed by atoms with Gasteiger partial charge in [-0.3, -0.25) is 9.59 Å². The molecule has 37 heavy (non-hydrogen) atoms. The number of carboxylic acids is 1. The molecule has 0 radical (unpaired) electrons. The van der Waals surface area contributed by atoms with Gasteiger partial charge in [-0.1, -0.05) is 0 Å². The maximum absolute atomic E-state index is 12.7. The number of fused-ring (bicyclic) bond motifs is 1. The normalized spacial score (nSPS) is 24.9. The first-order valence-electron chi connectivity index (χ1n) is 13.2. The average Bonchev–Trinajstić information content (AvgIpc) is 3.58. The maximum Gasteiger partial charge on any atom is 0.307 e. The van der Waals surface area contributed by atoms with Crippen molar-refractivity contribution >= 4 is 40.0 Å². The lowest BCUT2D eigenvalue weighted by Gasteiger charge is -2.39. The summed E-state index contributed by atoms with van der Waals surface area (Å²) in [5, 5.41) is 19.6. The number of piperidine rings is 2. The molecule has 3 unspecified atom stereocenters. The summed E-state index contributed by atoms with van der Waals surface area (Å²) in [6.45, 7) is 6.12. The standard InChI is InChI=1S/C27H33N7O3/c1-16-4-3-5-17(2)34(16)26-30-21-15-28-32-24(35)22(21)23(31-26)29-18-6-8-19(9-7-18)33-12-10-27(11-13-33)14-20(27)25(36)37/h6-9,15-17,20H,3-5,10-14H2,1-2H3,(H,32,35)(H,36,37)(H,29,30,31). The zero-order valence-electron chi connectivity index (χ0n) is 21.3. The molecule has 10 heteroatoms. The summed E-state index contributed by atoms with van der Waals surface area (Å²) in [5.74, 6) is 0.265. The minimum Gasteiger partial charge on any atom is -0.481 e. The fourth-order valence-corrected chi connectivity index (χ4v) is 6.36. The summed E-state index contributed by atoms with van der Waals surface area (Å²) < 4.78 is 0. The molecule has 3 aliphatic rings. The molecule has 1 aliphatic carbocycles. The molecule has 4 heterocycles. The second kappa shape index (κ2) is 9.00. The molecule has 1 saturated carbocycles. The molecular formula is C27H33N7O3. The van der Waals surface area contributed by atoms with E-state index in [2.05, 4.69) is 51.3 Å². The number of hydrogen-bond acceptors (Lipinski definition) is 8. The van der Waals surface area contributed by atoms with Gasteiger partial charge >= 0.3 is 5.97 Å². The van der Waals surface area contributed by atoms with E-state index in [0.717, 1.165) is 56.6 Å². The van der Waals surface area contributed by atoms with Crippen molar-refractivity contribution in [2.45, 2.75) is 64.5 Å². The number of hydrogen-bond donors (Lipinski definition) is 3. The summed E-state index contributed by atoms with van der Waals surface area (Å²) in [7, 11) is 0. The van der Waals surface area contributed by atoms with Crippen LogP contribution >= 0.6 is 0 Å². The average molecular weight is 504 g/mol. The number of aliphatic carboxylic acids is 1. The van der Waals surface area contributed by atoms with Gasteiger partial charge in [0.05, 0.1) is 12.1 Å². The summed E-state index contributed by atoms with van der Waals surface area (Å²) in [6, 6.07) is 8.74. The Kier molecular flexibility index (Phi) is 5.77. The van der Waals surface area contributed by atoms with Crippen molar-refractivity contribution < 1.29 is 9.90 Å². The summed E-state index contributed by atoms with van der Waals surface area (Å²) in [4.78, 5) is 38.2. The highest BCUT2D eigenvalue weighted by atomic mass is 16.4. The molecule has 0 amide bonds. The van der Waals surface area contributed by atoms with Crippen molar-refractivity contribution in [3.05, 3.63) is 40.8 Å². The van der Waals surface area contributed by atoms with Crippen molar-refractivity contribution in [3.8, 4) is 0 Å². The van der Waals surface area contributed by atoms with Crippen LogP contribution in [-0.4, -0.2) is 56.4 Å². The molecule has 2 aromatic heterocycles. The van der Waals surface area contributed by atoms with Crippen LogP contribution in [0.1, 0.15) is 52.4 Å². The largest absolute Gasteiger partial charge is 0.481 e. The number of benzene rings is 1. The molecule has 2 saturated heterocycles. The second-order valence-electron chi connectivity index (χ2n) is 11.0. The Bertz CT molecular complexity index is 1370. The molecule has 1 aromatic carbocycles. The van der Waals surface area contributed by atoms with Crippen LogP contribution in [-0.2, 0) is 4.79 Å². The Hall–Kier alpha value is -3.69. The van der Waals surface area contributed by atoms with Gasteiger partial charge in [-0.25, -0.2) is 10.1 Å². The molecule has 3 aromatic rings. The molecule has 6 rings (SSSR count). The second-order valence-corrected chi connectivity index (χ2v) is 11.0. The highest BCUT2D eigenvalue weighted by Gasteiger charge is 2.58. The molecule has 0 bridgehead atoms. The third-order valence-corrected chi connectivity index (χ3v) is 8.67. The van der Waals surface area contributed by atoms with Crippen LogP contribution < -0.4 is 20.7 Å². The zero-order chi connectivity index (χ0) is 25.7.